The van der Waals surface area contributed by atoms with Crippen molar-refractivity contribution in [1.82, 2.24) is 9.97 Å². The third kappa shape index (κ3) is 6.65. The largest absolute Gasteiger partial charge is 0.512 e. The maximum Gasteiger partial charge on any atom is 0.221 e. The Labute approximate surface area is 285 Å². The van der Waals surface area contributed by atoms with Crippen LogP contribution in [-0.2, 0) is 24.9 Å². The minimum absolute atomic E-state index is 0. The van der Waals surface area contributed by atoms with Crippen LogP contribution in [0.4, 0.5) is 0 Å². The molecular formula is C40H43IrN2O3-. The molecule has 0 saturated heterocycles. The number of nitrogens with zero attached hydrogens (tertiary/aromatic N) is 2. The number of aliphatic hydroxyl groups excluding tert-OH is 1. The normalized spacial score (nSPS) is 12.3. The maximum atomic E-state index is 12.2. The molecule has 6 heteroatoms. The Bertz CT molecular complexity index is 2030. The van der Waals surface area contributed by atoms with Crippen molar-refractivity contribution in [3.05, 3.63) is 96.5 Å². The quantitative estimate of drug-likeness (QED) is 0.0944. The van der Waals surface area contributed by atoms with Gasteiger partial charge in [-0.1, -0.05) is 108 Å². The van der Waals surface area contributed by atoms with Crippen molar-refractivity contribution >= 4 is 49.4 Å². The fourth-order valence-electron chi connectivity index (χ4n) is 5.65. The molecule has 0 amide bonds. The van der Waals surface area contributed by atoms with Crippen LogP contribution in [0, 0.1) is 23.8 Å². The molecule has 2 heterocycles. The van der Waals surface area contributed by atoms with Crippen LogP contribution in [0.2, 0.25) is 0 Å². The second-order valence-electron chi connectivity index (χ2n) is 12.5. The minimum atomic E-state index is -0.337. The fourth-order valence-corrected chi connectivity index (χ4v) is 5.65. The number of aliphatic hydroxyl groups is 1. The first-order valence-corrected chi connectivity index (χ1v) is 16.0. The zero-order valence-electron chi connectivity index (χ0n) is 27.8. The van der Waals surface area contributed by atoms with Crippen LogP contribution in [-0.4, -0.2) is 20.9 Å². The second kappa shape index (κ2) is 14.3. The van der Waals surface area contributed by atoms with E-state index >= 15 is 0 Å². The van der Waals surface area contributed by atoms with Gasteiger partial charge >= 0.3 is 0 Å². The van der Waals surface area contributed by atoms with Crippen molar-refractivity contribution < 1.29 is 34.4 Å². The SMILES string of the molecule is CCC(C)(CC)C(=O)/C=C(\O)C(C)(CC)CC.Cc1nc(-c2[c-]cc3ccccc3c2)c2c(n1)oc1c3ccccc3ccc12.[Ir]. The summed E-state index contributed by atoms with van der Waals surface area (Å²) in [6.07, 6.45) is 4.75. The smallest absolute Gasteiger partial charge is 0.221 e. The van der Waals surface area contributed by atoms with Gasteiger partial charge in [-0.25, -0.2) is 0 Å². The van der Waals surface area contributed by atoms with Crippen LogP contribution in [0.15, 0.2) is 89.0 Å². The molecule has 4 aromatic carbocycles. The van der Waals surface area contributed by atoms with E-state index in [0.29, 0.717) is 11.5 Å². The summed E-state index contributed by atoms with van der Waals surface area (Å²) in [5.41, 5.74) is 2.69. The molecule has 0 bridgehead atoms. The van der Waals surface area contributed by atoms with Crippen LogP contribution in [0.5, 0.6) is 0 Å². The zero-order valence-corrected chi connectivity index (χ0v) is 30.2. The topological polar surface area (TPSA) is 76.2 Å². The Morgan fingerprint density at radius 1 is 0.826 bits per heavy atom. The number of furan rings is 1. The van der Waals surface area contributed by atoms with Gasteiger partial charge in [-0.3, -0.25) is 9.78 Å². The van der Waals surface area contributed by atoms with Gasteiger partial charge in [0.1, 0.15) is 17.2 Å². The van der Waals surface area contributed by atoms with Gasteiger partial charge in [0, 0.05) is 58.9 Å². The first-order chi connectivity index (χ1) is 21.6. The van der Waals surface area contributed by atoms with E-state index in [1.54, 1.807) is 0 Å². The Morgan fingerprint density at radius 2 is 1.43 bits per heavy atom. The summed E-state index contributed by atoms with van der Waals surface area (Å²) in [5, 5.41) is 16.7. The maximum absolute atomic E-state index is 12.2. The van der Waals surface area contributed by atoms with Gasteiger partial charge in [-0.2, -0.15) is 4.98 Å². The average Bonchev–Trinajstić information content (AvgIpc) is 3.45. The molecule has 6 aromatic rings. The molecular weight excluding hydrogens is 749 g/mol. The zero-order chi connectivity index (χ0) is 32.4. The molecule has 1 radical (unpaired) electrons. The number of aromatic nitrogens is 2. The molecule has 0 aliphatic heterocycles. The van der Waals surface area contributed by atoms with E-state index in [2.05, 4.69) is 53.5 Å². The first kappa shape index (κ1) is 35.0. The molecule has 2 aromatic heterocycles. The summed E-state index contributed by atoms with van der Waals surface area (Å²) >= 11 is 0. The minimum Gasteiger partial charge on any atom is -0.512 e. The molecule has 0 fully saturated rings. The van der Waals surface area contributed by atoms with Crippen LogP contribution in [0.25, 0.3) is 54.9 Å². The molecule has 0 saturated carbocycles. The van der Waals surface area contributed by atoms with Gasteiger partial charge in [0.25, 0.3) is 0 Å². The summed E-state index contributed by atoms with van der Waals surface area (Å²) in [4.78, 5) is 21.5. The molecule has 0 unspecified atom stereocenters. The van der Waals surface area contributed by atoms with Crippen LogP contribution in [0.3, 0.4) is 0 Å². The Hall–Kier alpha value is -3.86. The van der Waals surface area contributed by atoms with Gasteiger partial charge in [-0.05, 0) is 38.0 Å². The van der Waals surface area contributed by atoms with Crippen molar-refractivity contribution in [3.8, 4) is 11.3 Å². The van der Waals surface area contributed by atoms with Crippen molar-refractivity contribution in [2.24, 2.45) is 10.8 Å². The van der Waals surface area contributed by atoms with E-state index in [1.165, 1.54) is 11.5 Å². The van der Waals surface area contributed by atoms with E-state index in [4.69, 9.17) is 9.40 Å². The summed E-state index contributed by atoms with van der Waals surface area (Å²) in [5.74, 6) is 0.973. The molecule has 0 spiro atoms. The van der Waals surface area contributed by atoms with Crippen LogP contribution in [0.1, 0.15) is 73.1 Å². The number of hydrogen-bond acceptors (Lipinski definition) is 5. The van der Waals surface area contributed by atoms with Crippen LogP contribution >= 0.6 is 0 Å². The number of fused-ring (bicyclic) bond motifs is 6. The number of aryl methyl sites for hydroxylation is 1. The Balaban J connectivity index is 0.000000234. The van der Waals surface area contributed by atoms with E-state index < -0.39 is 0 Å². The van der Waals surface area contributed by atoms with Gasteiger partial charge in [0.15, 0.2) is 5.78 Å². The standard InChI is InChI=1S/C25H15N2O.C15H28O2.Ir/c1-15-26-23(19-11-10-16-6-2-3-8-18(16)14-19)22-21-13-12-17-7-4-5-9-20(17)24(21)28-25(22)27-15;1-7-14(5,8-2)12(16)11-13(17)15(6,9-3)10-4;/h2-10,12-14H,1H3;11,16H,7-10H2,1-6H3;/q-1;;/b;12-11-;. The summed E-state index contributed by atoms with van der Waals surface area (Å²) < 4.78 is 6.23. The molecule has 5 nitrogen and oxygen atoms in total. The van der Waals surface area contributed by atoms with Gasteiger partial charge in [-0.15, -0.1) is 29.1 Å². The Morgan fingerprint density at radius 3 is 2.09 bits per heavy atom. The number of benzene rings is 4. The van der Waals surface area contributed by atoms with Crippen molar-refractivity contribution in [2.75, 3.05) is 0 Å². The fraction of sp³-hybridized carbons (Fsp3) is 0.325. The predicted molar refractivity (Wildman–Crippen MR) is 186 cm³/mol. The number of carbonyl (C=O) groups excluding carboxylic acids is 1. The molecule has 46 heavy (non-hydrogen) atoms. The van der Waals surface area contributed by atoms with E-state index in [1.807, 2.05) is 78.8 Å². The van der Waals surface area contributed by atoms with Crippen LogP contribution < -0.4 is 0 Å². The molecule has 0 aliphatic carbocycles. The van der Waals surface area contributed by atoms with E-state index in [9.17, 15) is 9.90 Å². The molecule has 1 N–H and O–H groups in total. The summed E-state index contributed by atoms with van der Waals surface area (Å²) in [7, 11) is 0. The van der Waals surface area contributed by atoms with Crippen molar-refractivity contribution in [3.63, 3.8) is 0 Å². The molecule has 6 rings (SSSR count). The van der Waals surface area contributed by atoms with E-state index in [-0.39, 0.29) is 42.5 Å². The number of ketones is 1. The van der Waals surface area contributed by atoms with Crippen molar-refractivity contribution in [1.29, 1.82) is 0 Å². The molecule has 241 valence electrons. The van der Waals surface area contributed by atoms with Gasteiger partial charge in [0.2, 0.25) is 5.71 Å². The van der Waals surface area contributed by atoms with Gasteiger partial charge in [0.05, 0.1) is 0 Å². The summed E-state index contributed by atoms with van der Waals surface area (Å²) in [6.45, 7) is 14.0. The number of carbonyl (C=O) groups is 1. The number of rotatable bonds is 8. The van der Waals surface area contributed by atoms with Gasteiger partial charge < -0.3 is 9.52 Å². The first-order valence-electron chi connectivity index (χ1n) is 16.0. The third-order valence-electron chi connectivity index (χ3n) is 9.87. The molecule has 0 aliphatic rings. The monoisotopic (exact) mass is 792 g/mol. The molecule has 0 atom stereocenters. The average molecular weight is 792 g/mol. The third-order valence-corrected chi connectivity index (χ3v) is 9.87. The summed E-state index contributed by atoms with van der Waals surface area (Å²) in [6, 6.07) is 28.3. The predicted octanol–water partition coefficient (Wildman–Crippen LogP) is 11.1. The van der Waals surface area contributed by atoms with Crippen molar-refractivity contribution in [2.45, 2.75) is 74.1 Å². The van der Waals surface area contributed by atoms with E-state index in [0.717, 1.165) is 69.5 Å². The second-order valence-corrected chi connectivity index (χ2v) is 12.5. The number of allylic oxidation sites excluding steroid dienone is 2. The Kier molecular flexibility index (Phi) is 10.9. The number of hydrogen-bond donors (Lipinski definition) is 1.